The van der Waals surface area contributed by atoms with Gasteiger partial charge < -0.3 is 39.5 Å². The van der Waals surface area contributed by atoms with Crippen LogP contribution in [0.25, 0.3) is 22.4 Å². The summed E-state index contributed by atoms with van der Waals surface area (Å²) >= 11 is 6.22. The number of pyridine rings is 1. The maximum Gasteiger partial charge on any atom is 0.261 e. The van der Waals surface area contributed by atoms with E-state index in [2.05, 4.69) is 32.3 Å². The van der Waals surface area contributed by atoms with E-state index in [9.17, 15) is 9.90 Å². The Hall–Kier alpha value is -3.57. The number of ether oxygens (including phenoxy) is 3. The first-order chi connectivity index (χ1) is 18.9. The molecule has 0 unspecified atom stereocenters. The lowest BCUT2D eigenvalue weighted by Crippen LogP contribution is -2.44. The summed E-state index contributed by atoms with van der Waals surface area (Å²) in [5.41, 5.74) is 4.91. The van der Waals surface area contributed by atoms with Gasteiger partial charge in [-0.25, -0.2) is 4.98 Å². The number of nitrogens with zero attached hydrogens (tertiary/aromatic N) is 2. The standard InChI is InChI=1S/C28H32ClN5O5/c1-16-10-18(34-8-9-39-19(14-34)15-37-2)12-22-26(16)33-27(32-22)25-21(6-7-30-28(25)36)31-13-23(35)17-4-5-24(38-3)20(29)11-17/h4-7,10-12,19,23,35H,8-9,13-15H2,1-3H3,(H,32,33)(H2,30,31,36)/t19-,23-/m1/s1. The minimum absolute atomic E-state index is 0.0119. The quantitative estimate of drug-likeness (QED) is 0.246. The predicted octanol–water partition coefficient (Wildman–Crippen LogP) is 3.89. The molecule has 0 saturated carbocycles. The summed E-state index contributed by atoms with van der Waals surface area (Å²) in [7, 11) is 3.21. The van der Waals surface area contributed by atoms with E-state index in [1.165, 1.54) is 7.11 Å². The number of aromatic amines is 2. The van der Waals surface area contributed by atoms with E-state index >= 15 is 0 Å². The lowest BCUT2D eigenvalue weighted by atomic mass is 10.1. The van der Waals surface area contributed by atoms with Crippen molar-refractivity contribution >= 4 is 34.0 Å². The number of aliphatic hydroxyl groups is 1. The van der Waals surface area contributed by atoms with Crippen LogP contribution < -0.4 is 20.5 Å². The number of benzene rings is 2. The molecule has 1 saturated heterocycles. The highest BCUT2D eigenvalue weighted by Gasteiger charge is 2.23. The average Bonchev–Trinajstić information content (AvgIpc) is 3.36. The van der Waals surface area contributed by atoms with Gasteiger partial charge >= 0.3 is 0 Å². The Labute approximate surface area is 230 Å². The molecule has 0 bridgehead atoms. The van der Waals surface area contributed by atoms with Gasteiger partial charge in [-0.2, -0.15) is 0 Å². The van der Waals surface area contributed by atoms with Gasteiger partial charge in [0.2, 0.25) is 0 Å². The number of aliphatic hydroxyl groups excluding tert-OH is 1. The van der Waals surface area contributed by atoms with Gasteiger partial charge in [-0.15, -0.1) is 0 Å². The molecule has 4 aromatic rings. The van der Waals surface area contributed by atoms with E-state index in [1.807, 2.05) is 6.92 Å². The Balaban J connectivity index is 1.41. The molecular formula is C28H32ClN5O5. The van der Waals surface area contributed by atoms with Crippen LogP contribution in [0.15, 0.2) is 47.4 Å². The van der Waals surface area contributed by atoms with E-state index in [1.54, 1.807) is 37.6 Å². The normalized spacial score (nSPS) is 16.4. The number of halogens is 1. The third-order valence-corrected chi connectivity index (χ3v) is 7.16. The maximum absolute atomic E-state index is 13.0. The van der Waals surface area contributed by atoms with Gasteiger partial charge in [-0.1, -0.05) is 17.7 Å². The highest BCUT2D eigenvalue weighted by molar-refractivity contribution is 6.32. The molecule has 10 nitrogen and oxygen atoms in total. The predicted molar refractivity (Wildman–Crippen MR) is 152 cm³/mol. The van der Waals surface area contributed by atoms with E-state index in [4.69, 9.17) is 30.8 Å². The minimum atomic E-state index is -0.864. The van der Waals surface area contributed by atoms with Crippen LogP contribution in [-0.4, -0.2) is 73.2 Å². The van der Waals surface area contributed by atoms with E-state index in [0.717, 1.165) is 35.4 Å². The molecule has 0 amide bonds. The highest BCUT2D eigenvalue weighted by atomic mass is 35.5. The van der Waals surface area contributed by atoms with Crippen molar-refractivity contribution in [3.8, 4) is 17.1 Å². The van der Waals surface area contributed by atoms with Crippen molar-refractivity contribution in [3.63, 3.8) is 0 Å². The third-order valence-electron chi connectivity index (χ3n) is 6.86. The zero-order chi connectivity index (χ0) is 27.5. The summed E-state index contributed by atoms with van der Waals surface area (Å²) in [5, 5.41) is 14.4. The van der Waals surface area contributed by atoms with Crippen LogP contribution >= 0.6 is 11.6 Å². The molecule has 2 atom stereocenters. The zero-order valence-corrected chi connectivity index (χ0v) is 22.8. The van der Waals surface area contributed by atoms with Crippen molar-refractivity contribution in [3.05, 3.63) is 69.1 Å². The van der Waals surface area contributed by atoms with Crippen molar-refractivity contribution in [2.75, 3.05) is 57.3 Å². The zero-order valence-electron chi connectivity index (χ0n) is 22.1. The fraction of sp³-hybridized carbons (Fsp3) is 0.357. The fourth-order valence-corrected chi connectivity index (χ4v) is 5.15. The Bertz CT molecular complexity index is 1520. The van der Waals surface area contributed by atoms with Crippen LogP contribution in [0, 0.1) is 6.92 Å². The van der Waals surface area contributed by atoms with Crippen LogP contribution in [0.5, 0.6) is 5.75 Å². The second-order valence-corrected chi connectivity index (χ2v) is 9.93. The van der Waals surface area contributed by atoms with Crippen molar-refractivity contribution in [2.45, 2.75) is 19.1 Å². The van der Waals surface area contributed by atoms with Crippen molar-refractivity contribution in [2.24, 2.45) is 0 Å². The average molecular weight is 554 g/mol. The summed E-state index contributed by atoms with van der Waals surface area (Å²) in [6.45, 7) is 4.84. The Morgan fingerprint density at radius 1 is 1.28 bits per heavy atom. The molecule has 1 aliphatic rings. The van der Waals surface area contributed by atoms with E-state index in [-0.39, 0.29) is 18.2 Å². The van der Waals surface area contributed by atoms with Crippen LogP contribution in [0.1, 0.15) is 17.2 Å². The number of morpholine rings is 1. The van der Waals surface area contributed by atoms with Crippen molar-refractivity contribution < 1.29 is 19.3 Å². The molecule has 5 rings (SSSR count). The Morgan fingerprint density at radius 2 is 2.13 bits per heavy atom. The fourth-order valence-electron chi connectivity index (χ4n) is 4.89. The molecule has 1 aliphatic heterocycles. The Kier molecular flexibility index (Phi) is 8.08. The van der Waals surface area contributed by atoms with Gasteiger partial charge in [0.25, 0.3) is 5.56 Å². The topological polar surface area (TPSA) is 125 Å². The van der Waals surface area contributed by atoms with E-state index < -0.39 is 6.10 Å². The molecule has 4 N–H and O–H groups in total. The summed E-state index contributed by atoms with van der Waals surface area (Å²) in [4.78, 5) is 26.1. The molecule has 2 aromatic carbocycles. The van der Waals surface area contributed by atoms with Gasteiger partial charge in [0.1, 0.15) is 17.1 Å². The molecule has 11 heteroatoms. The molecule has 3 heterocycles. The van der Waals surface area contributed by atoms with Gasteiger partial charge in [0, 0.05) is 38.6 Å². The van der Waals surface area contributed by atoms with Crippen LogP contribution in [-0.2, 0) is 9.47 Å². The number of aryl methyl sites for hydroxylation is 1. The Morgan fingerprint density at radius 3 is 2.90 bits per heavy atom. The molecule has 0 spiro atoms. The molecule has 39 heavy (non-hydrogen) atoms. The lowest BCUT2D eigenvalue weighted by molar-refractivity contribution is -0.0100. The molecule has 0 aliphatic carbocycles. The lowest BCUT2D eigenvalue weighted by Gasteiger charge is -2.34. The van der Waals surface area contributed by atoms with E-state index in [0.29, 0.717) is 46.6 Å². The number of fused-ring (bicyclic) bond motifs is 1. The monoisotopic (exact) mass is 553 g/mol. The van der Waals surface area contributed by atoms with Crippen molar-refractivity contribution in [1.29, 1.82) is 0 Å². The SMILES string of the molecule is COC[C@H]1CN(c2cc(C)c3nc(-c4c(NC[C@@H](O)c5ccc(OC)c(Cl)c5)cc[nH]c4=O)[nH]c3c2)CCO1. The number of methoxy groups -OCH3 is 2. The smallest absolute Gasteiger partial charge is 0.261 e. The summed E-state index contributed by atoms with van der Waals surface area (Å²) in [5.74, 6) is 0.972. The molecule has 0 radical (unpaired) electrons. The number of imidazole rings is 1. The number of anilines is 2. The van der Waals surface area contributed by atoms with Gasteiger partial charge in [-0.05, 0) is 48.4 Å². The minimum Gasteiger partial charge on any atom is -0.495 e. The number of rotatable bonds is 9. The van der Waals surface area contributed by atoms with Crippen LogP contribution in [0.3, 0.4) is 0 Å². The first-order valence-corrected chi connectivity index (χ1v) is 13.1. The van der Waals surface area contributed by atoms with Crippen LogP contribution in [0.2, 0.25) is 5.02 Å². The number of hydrogen-bond acceptors (Lipinski definition) is 8. The summed E-state index contributed by atoms with van der Waals surface area (Å²) in [6.07, 6.45) is 0.709. The number of H-pyrrole nitrogens is 2. The maximum atomic E-state index is 13.0. The van der Waals surface area contributed by atoms with Gasteiger partial charge in [0.05, 0.1) is 54.3 Å². The molecular weight excluding hydrogens is 522 g/mol. The van der Waals surface area contributed by atoms with Crippen LogP contribution in [0.4, 0.5) is 11.4 Å². The third kappa shape index (κ3) is 5.74. The number of aromatic nitrogens is 3. The van der Waals surface area contributed by atoms with Gasteiger partial charge in [-0.3, -0.25) is 4.79 Å². The summed E-state index contributed by atoms with van der Waals surface area (Å²) in [6, 6.07) is 11.0. The summed E-state index contributed by atoms with van der Waals surface area (Å²) < 4.78 is 16.3. The number of nitrogens with one attached hydrogen (secondary N) is 3. The first-order valence-electron chi connectivity index (χ1n) is 12.7. The number of hydrogen-bond donors (Lipinski definition) is 4. The molecule has 1 fully saturated rings. The molecule has 206 valence electrons. The van der Waals surface area contributed by atoms with Crippen molar-refractivity contribution in [1.82, 2.24) is 15.0 Å². The van der Waals surface area contributed by atoms with Gasteiger partial charge in [0.15, 0.2) is 0 Å². The second kappa shape index (κ2) is 11.7. The largest absolute Gasteiger partial charge is 0.495 e. The molecule has 2 aromatic heterocycles. The second-order valence-electron chi connectivity index (χ2n) is 9.52. The first kappa shape index (κ1) is 27.0. The highest BCUT2D eigenvalue weighted by Crippen LogP contribution is 2.31.